The predicted molar refractivity (Wildman–Crippen MR) is 72.7 cm³/mol. The van der Waals surface area contributed by atoms with Gasteiger partial charge in [0.1, 0.15) is 22.9 Å². The fourth-order valence-corrected chi connectivity index (χ4v) is 1.80. The number of urea groups is 1. The van der Waals surface area contributed by atoms with Crippen molar-refractivity contribution in [2.45, 2.75) is 20.0 Å². The summed E-state index contributed by atoms with van der Waals surface area (Å²) >= 11 is 0. The molecule has 0 spiro atoms. The summed E-state index contributed by atoms with van der Waals surface area (Å²) in [5.74, 6) is 0.374. The van der Waals surface area contributed by atoms with Crippen LogP contribution in [-0.2, 0) is 20.1 Å². The summed E-state index contributed by atoms with van der Waals surface area (Å²) < 4.78 is 7.06. The molecule has 0 saturated heterocycles. The van der Waals surface area contributed by atoms with Crippen LogP contribution in [0.3, 0.4) is 0 Å². The van der Waals surface area contributed by atoms with Gasteiger partial charge >= 0.3 is 12.0 Å². The topological polar surface area (TPSA) is 109 Å². The lowest BCUT2D eigenvalue weighted by Gasteiger charge is -2.06. The maximum atomic E-state index is 11.6. The van der Waals surface area contributed by atoms with E-state index in [4.69, 9.17) is 9.52 Å². The van der Waals surface area contributed by atoms with Gasteiger partial charge in [-0.2, -0.15) is 0 Å². The van der Waals surface area contributed by atoms with Gasteiger partial charge < -0.3 is 24.7 Å². The molecule has 0 aliphatic rings. The minimum atomic E-state index is -1.05. The normalized spacial score (nSPS) is 10.4. The van der Waals surface area contributed by atoms with Crippen molar-refractivity contribution in [1.29, 1.82) is 0 Å². The highest BCUT2D eigenvalue weighted by Crippen LogP contribution is 2.14. The van der Waals surface area contributed by atoms with Crippen LogP contribution in [0.25, 0.3) is 0 Å². The Morgan fingerprint density at radius 3 is 2.67 bits per heavy atom. The van der Waals surface area contributed by atoms with Gasteiger partial charge in [-0.05, 0) is 13.0 Å². The zero-order valence-electron chi connectivity index (χ0n) is 11.7. The van der Waals surface area contributed by atoms with Crippen LogP contribution in [0.1, 0.15) is 27.7 Å². The zero-order chi connectivity index (χ0) is 15.4. The van der Waals surface area contributed by atoms with Gasteiger partial charge in [0, 0.05) is 19.4 Å². The van der Waals surface area contributed by atoms with Crippen molar-refractivity contribution < 1.29 is 19.1 Å². The Hall–Kier alpha value is -2.77. The van der Waals surface area contributed by atoms with Crippen LogP contribution < -0.4 is 10.6 Å². The fourth-order valence-electron chi connectivity index (χ4n) is 1.80. The van der Waals surface area contributed by atoms with Gasteiger partial charge in [0.2, 0.25) is 0 Å². The van der Waals surface area contributed by atoms with Crippen molar-refractivity contribution in [1.82, 2.24) is 20.2 Å². The predicted octanol–water partition coefficient (Wildman–Crippen LogP) is 1.02. The maximum absolute atomic E-state index is 11.6. The number of hydrogen-bond acceptors (Lipinski definition) is 4. The van der Waals surface area contributed by atoms with Crippen molar-refractivity contribution in [2.24, 2.45) is 7.05 Å². The van der Waals surface area contributed by atoms with E-state index in [1.54, 1.807) is 23.9 Å². The molecular weight excluding hydrogens is 276 g/mol. The molecule has 112 valence electrons. The minimum Gasteiger partial charge on any atom is -0.478 e. The highest BCUT2D eigenvalue weighted by molar-refractivity contribution is 5.88. The van der Waals surface area contributed by atoms with E-state index in [0.717, 1.165) is 5.82 Å². The van der Waals surface area contributed by atoms with E-state index in [0.29, 0.717) is 18.1 Å². The van der Waals surface area contributed by atoms with Crippen LogP contribution in [0.4, 0.5) is 4.79 Å². The third-order valence-electron chi connectivity index (χ3n) is 2.95. The molecular formula is C13H16N4O4. The number of amides is 2. The number of carbonyl (C=O) groups is 2. The van der Waals surface area contributed by atoms with Gasteiger partial charge in [0.15, 0.2) is 0 Å². The molecule has 0 fully saturated rings. The number of aryl methyl sites for hydroxylation is 2. The molecule has 0 aliphatic carbocycles. The number of nitrogens with zero attached hydrogens (tertiary/aromatic N) is 2. The Morgan fingerprint density at radius 2 is 2.10 bits per heavy atom. The van der Waals surface area contributed by atoms with Crippen LogP contribution in [-0.4, -0.2) is 26.7 Å². The quantitative estimate of drug-likeness (QED) is 0.762. The Labute approximate surface area is 120 Å². The zero-order valence-corrected chi connectivity index (χ0v) is 11.7. The van der Waals surface area contributed by atoms with Crippen molar-refractivity contribution in [3.63, 3.8) is 0 Å². The molecule has 8 heteroatoms. The first kappa shape index (κ1) is 14.6. The summed E-state index contributed by atoms with van der Waals surface area (Å²) in [7, 11) is 1.83. The molecule has 0 atom stereocenters. The molecule has 2 aromatic heterocycles. The van der Waals surface area contributed by atoms with Crippen molar-refractivity contribution in [3.05, 3.63) is 41.4 Å². The fraction of sp³-hybridized carbons (Fsp3) is 0.308. The molecule has 2 aromatic rings. The van der Waals surface area contributed by atoms with Crippen LogP contribution >= 0.6 is 0 Å². The number of carboxylic acid groups (broad SMARTS) is 1. The Bertz CT molecular complexity index is 659. The largest absolute Gasteiger partial charge is 0.478 e. The summed E-state index contributed by atoms with van der Waals surface area (Å²) in [5, 5.41) is 14.1. The number of imidazole rings is 1. The highest BCUT2D eigenvalue weighted by Gasteiger charge is 2.14. The second kappa shape index (κ2) is 6.12. The molecule has 0 unspecified atom stereocenters. The lowest BCUT2D eigenvalue weighted by molar-refractivity contribution is 0.0695. The first-order valence-corrected chi connectivity index (χ1v) is 6.28. The Morgan fingerprint density at radius 1 is 1.38 bits per heavy atom. The third-order valence-corrected chi connectivity index (χ3v) is 2.95. The van der Waals surface area contributed by atoms with E-state index in [9.17, 15) is 9.59 Å². The first-order valence-electron chi connectivity index (χ1n) is 6.28. The number of aromatic carboxylic acids is 1. The van der Waals surface area contributed by atoms with Gasteiger partial charge in [-0.1, -0.05) is 0 Å². The monoisotopic (exact) mass is 292 g/mol. The lowest BCUT2D eigenvalue weighted by Crippen LogP contribution is -2.35. The van der Waals surface area contributed by atoms with E-state index in [1.807, 2.05) is 7.05 Å². The van der Waals surface area contributed by atoms with E-state index in [-0.39, 0.29) is 18.1 Å². The van der Waals surface area contributed by atoms with E-state index in [1.165, 1.54) is 6.07 Å². The second-order valence-electron chi connectivity index (χ2n) is 4.48. The number of hydrogen-bond donors (Lipinski definition) is 3. The summed E-state index contributed by atoms with van der Waals surface area (Å²) in [6, 6.07) is 1.01. The van der Waals surface area contributed by atoms with Crippen molar-refractivity contribution >= 4 is 12.0 Å². The molecule has 3 N–H and O–H groups in total. The highest BCUT2D eigenvalue weighted by atomic mass is 16.4. The Balaban J connectivity index is 1.82. The second-order valence-corrected chi connectivity index (χ2v) is 4.48. The van der Waals surface area contributed by atoms with Crippen LogP contribution in [0.2, 0.25) is 0 Å². The average molecular weight is 292 g/mol. The summed E-state index contributed by atoms with van der Waals surface area (Å²) in [4.78, 5) is 26.6. The van der Waals surface area contributed by atoms with E-state index < -0.39 is 5.97 Å². The molecule has 8 nitrogen and oxygen atoms in total. The van der Waals surface area contributed by atoms with Crippen LogP contribution in [0.5, 0.6) is 0 Å². The van der Waals surface area contributed by atoms with Gasteiger partial charge in [-0.3, -0.25) is 0 Å². The van der Waals surface area contributed by atoms with Gasteiger partial charge in [0.05, 0.1) is 13.1 Å². The minimum absolute atomic E-state index is 0.0974. The molecule has 21 heavy (non-hydrogen) atoms. The number of carbonyl (C=O) groups excluding carboxylic acids is 1. The van der Waals surface area contributed by atoms with Gasteiger partial charge in [-0.15, -0.1) is 0 Å². The number of furan rings is 1. The molecule has 0 radical (unpaired) electrons. The molecule has 0 bridgehead atoms. The lowest BCUT2D eigenvalue weighted by atomic mass is 10.2. The molecule has 0 aliphatic heterocycles. The maximum Gasteiger partial charge on any atom is 0.339 e. The molecule has 2 amide bonds. The average Bonchev–Trinajstić information content (AvgIpc) is 3.00. The SMILES string of the molecule is Cc1oc(CNC(=O)NCc2nccn2C)cc1C(=O)O. The number of aromatic nitrogens is 2. The standard InChI is InChI=1S/C13H16N4O4/c1-8-10(12(18)19)5-9(21-8)6-15-13(20)16-7-11-14-3-4-17(11)2/h3-5H,6-7H2,1-2H3,(H,18,19)(H2,15,16,20). The first-order chi connectivity index (χ1) is 9.97. The van der Waals surface area contributed by atoms with Crippen molar-refractivity contribution in [2.75, 3.05) is 0 Å². The van der Waals surface area contributed by atoms with Crippen LogP contribution in [0, 0.1) is 6.92 Å². The number of nitrogens with one attached hydrogen (secondary N) is 2. The molecule has 0 aromatic carbocycles. The van der Waals surface area contributed by atoms with Gasteiger partial charge in [0.25, 0.3) is 0 Å². The smallest absolute Gasteiger partial charge is 0.339 e. The number of rotatable bonds is 5. The summed E-state index contributed by atoms with van der Waals surface area (Å²) in [5.41, 5.74) is 0.0974. The third kappa shape index (κ3) is 3.62. The van der Waals surface area contributed by atoms with E-state index in [2.05, 4.69) is 15.6 Å². The van der Waals surface area contributed by atoms with Gasteiger partial charge in [-0.25, -0.2) is 14.6 Å². The van der Waals surface area contributed by atoms with Crippen LogP contribution in [0.15, 0.2) is 22.9 Å². The van der Waals surface area contributed by atoms with E-state index >= 15 is 0 Å². The van der Waals surface area contributed by atoms with Crippen molar-refractivity contribution in [3.8, 4) is 0 Å². The Kier molecular flexibility index (Phi) is 4.27. The summed E-state index contributed by atoms with van der Waals surface area (Å²) in [6.07, 6.45) is 3.43. The molecule has 2 rings (SSSR count). The summed E-state index contributed by atoms with van der Waals surface area (Å²) in [6.45, 7) is 1.97. The number of carboxylic acids is 1. The molecule has 0 saturated carbocycles. The molecule has 2 heterocycles.